The van der Waals surface area contributed by atoms with Crippen LogP contribution < -0.4 is 0 Å². The summed E-state index contributed by atoms with van der Waals surface area (Å²) >= 11 is 0. The highest BCUT2D eigenvalue weighted by atomic mass is 19.1. The van der Waals surface area contributed by atoms with Crippen LogP contribution in [-0.4, -0.2) is 37.6 Å². The number of hydrogen-bond donors (Lipinski definition) is 0. The van der Waals surface area contributed by atoms with E-state index in [1.165, 1.54) is 5.69 Å². The first-order chi connectivity index (χ1) is 13.8. The molecule has 154 valence electrons. The molecule has 3 heterocycles. The van der Waals surface area contributed by atoms with E-state index in [9.17, 15) is 4.39 Å². The topological polar surface area (TPSA) is 46.3 Å². The van der Waals surface area contributed by atoms with E-state index in [1.54, 1.807) is 12.4 Å². The molecule has 6 heteroatoms. The van der Waals surface area contributed by atoms with Gasteiger partial charge in [-0.15, -0.1) is 0 Å². The van der Waals surface area contributed by atoms with Crippen molar-refractivity contribution in [3.8, 4) is 0 Å². The van der Waals surface area contributed by atoms with Crippen LogP contribution in [0.25, 0.3) is 5.78 Å². The van der Waals surface area contributed by atoms with Crippen molar-refractivity contribution in [2.24, 2.45) is 5.92 Å². The Morgan fingerprint density at radius 1 is 1.17 bits per heavy atom. The fourth-order valence-electron chi connectivity index (χ4n) is 4.81. The highest BCUT2D eigenvalue weighted by Gasteiger charge is 2.42. The lowest BCUT2D eigenvalue weighted by Gasteiger charge is -2.46. The van der Waals surface area contributed by atoms with E-state index >= 15 is 0 Å². The Bertz CT molecular complexity index is 1020. The molecule has 1 unspecified atom stereocenters. The van der Waals surface area contributed by atoms with Gasteiger partial charge in [0.05, 0.1) is 5.69 Å². The first kappa shape index (κ1) is 20.0. The zero-order chi connectivity index (χ0) is 20.8. The molecule has 4 rings (SSSR count). The van der Waals surface area contributed by atoms with Crippen molar-refractivity contribution in [3.63, 3.8) is 0 Å². The van der Waals surface area contributed by atoms with Crippen molar-refractivity contribution in [1.82, 2.24) is 24.5 Å². The summed E-state index contributed by atoms with van der Waals surface area (Å²) in [6.07, 6.45) is 3.78. The molecular formula is C23H30FN5. The smallest absolute Gasteiger partial charge is 0.252 e. The first-order valence-corrected chi connectivity index (χ1v) is 10.5. The summed E-state index contributed by atoms with van der Waals surface area (Å²) in [5, 5.41) is 4.48. The van der Waals surface area contributed by atoms with Crippen LogP contribution in [0, 0.1) is 32.5 Å². The predicted molar refractivity (Wildman–Crippen MR) is 112 cm³/mol. The van der Waals surface area contributed by atoms with Gasteiger partial charge in [0.15, 0.2) is 0 Å². The Balaban J connectivity index is 1.70. The number of nitrogens with zero attached hydrogens (tertiary/aromatic N) is 5. The summed E-state index contributed by atoms with van der Waals surface area (Å²) < 4.78 is 16.2. The van der Waals surface area contributed by atoms with Crippen LogP contribution in [0.4, 0.5) is 4.39 Å². The average Bonchev–Trinajstić information content (AvgIpc) is 3.13. The number of fused-ring (bicyclic) bond motifs is 1. The van der Waals surface area contributed by atoms with Crippen molar-refractivity contribution in [3.05, 3.63) is 58.4 Å². The number of benzene rings is 1. The van der Waals surface area contributed by atoms with Crippen molar-refractivity contribution >= 4 is 5.78 Å². The van der Waals surface area contributed by atoms with Gasteiger partial charge in [-0.2, -0.15) is 10.1 Å². The van der Waals surface area contributed by atoms with Gasteiger partial charge in [-0.3, -0.25) is 4.90 Å². The minimum Gasteiger partial charge on any atom is -0.298 e. The maximum absolute atomic E-state index is 14.3. The predicted octanol–water partition coefficient (Wildman–Crippen LogP) is 4.38. The van der Waals surface area contributed by atoms with Crippen LogP contribution in [0.15, 0.2) is 24.5 Å². The zero-order valence-electron chi connectivity index (χ0n) is 18.0. The normalized spacial score (nSPS) is 20.7. The minimum absolute atomic E-state index is 0.0455. The van der Waals surface area contributed by atoms with Crippen LogP contribution >= 0.6 is 0 Å². The van der Waals surface area contributed by atoms with Crippen LogP contribution in [0.2, 0.25) is 0 Å². The SMILES string of the molecule is Cc1cc(C2(C(C)C)CCCN(Cc3cc(C)c(C)c(F)c3)C2)n2ncnc2n1. The number of rotatable bonds is 4. The Morgan fingerprint density at radius 3 is 2.69 bits per heavy atom. The van der Waals surface area contributed by atoms with E-state index in [4.69, 9.17) is 0 Å². The van der Waals surface area contributed by atoms with Gasteiger partial charge in [-0.1, -0.05) is 19.9 Å². The summed E-state index contributed by atoms with van der Waals surface area (Å²) in [7, 11) is 0. The van der Waals surface area contributed by atoms with Crippen molar-refractivity contribution in [2.45, 2.75) is 59.4 Å². The van der Waals surface area contributed by atoms with Gasteiger partial charge in [0.1, 0.15) is 12.1 Å². The summed E-state index contributed by atoms with van der Waals surface area (Å²) in [4.78, 5) is 11.3. The van der Waals surface area contributed by atoms with Gasteiger partial charge >= 0.3 is 0 Å². The Labute approximate surface area is 172 Å². The molecule has 2 aromatic heterocycles. The molecule has 1 aromatic carbocycles. The summed E-state index contributed by atoms with van der Waals surface area (Å²) in [6, 6.07) is 5.98. The lowest BCUT2D eigenvalue weighted by atomic mass is 9.68. The van der Waals surface area contributed by atoms with Crippen molar-refractivity contribution in [1.29, 1.82) is 0 Å². The summed E-state index contributed by atoms with van der Waals surface area (Å²) in [5.74, 6) is 0.977. The largest absolute Gasteiger partial charge is 0.298 e. The van der Waals surface area contributed by atoms with Crippen molar-refractivity contribution in [2.75, 3.05) is 13.1 Å². The molecule has 29 heavy (non-hydrogen) atoms. The molecular weight excluding hydrogens is 365 g/mol. The molecule has 0 N–H and O–H groups in total. The molecule has 5 nitrogen and oxygen atoms in total. The van der Waals surface area contributed by atoms with E-state index < -0.39 is 0 Å². The number of aryl methyl sites for hydroxylation is 2. The lowest BCUT2D eigenvalue weighted by molar-refractivity contribution is 0.101. The number of likely N-dealkylation sites (tertiary alicyclic amines) is 1. The molecule has 0 bridgehead atoms. The molecule has 0 aliphatic carbocycles. The lowest BCUT2D eigenvalue weighted by Crippen LogP contribution is -2.49. The number of piperidine rings is 1. The van der Waals surface area contributed by atoms with Gasteiger partial charge in [-0.05, 0) is 74.9 Å². The first-order valence-electron chi connectivity index (χ1n) is 10.5. The van der Waals surface area contributed by atoms with Gasteiger partial charge in [0.2, 0.25) is 0 Å². The quantitative estimate of drug-likeness (QED) is 0.658. The standard InChI is InChI=1S/C23H30FN5/c1-15(2)23(21-10-17(4)27-22-25-14-26-29(21)22)7-6-8-28(13-23)12-19-9-16(3)18(5)20(24)11-19/h9-11,14-15H,6-8,12-13H2,1-5H3. The Kier molecular flexibility index (Phi) is 5.15. The van der Waals surface area contributed by atoms with Crippen LogP contribution in [0.1, 0.15) is 54.8 Å². The molecule has 3 aromatic rings. The van der Waals surface area contributed by atoms with Gasteiger partial charge < -0.3 is 0 Å². The number of halogens is 1. The molecule has 0 radical (unpaired) electrons. The van der Waals surface area contributed by atoms with Crippen LogP contribution in [0.5, 0.6) is 0 Å². The summed E-state index contributed by atoms with van der Waals surface area (Å²) in [6.45, 7) is 13.1. The molecule has 1 fully saturated rings. The second-order valence-corrected chi connectivity index (χ2v) is 8.90. The van der Waals surface area contributed by atoms with E-state index in [1.807, 2.05) is 25.3 Å². The van der Waals surface area contributed by atoms with E-state index in [0.717, 1.165) is 54.9 Å². The molecule has 1 aliphatic heterocycles. The average molecular weight is 396 g/mol. The molecule has 0 spiro atoms. The molecule has 0 amide bonds. The summed E-state index contributed by atoms with van der Waals surface area (Å²) in [5.41, 5.74) is 4.90. The third-order valence-corrected chi connectivity index (χ3v) is 6.67. The van der Waals surface area contributed by atoms with Crippen LogP contribution in [-0.2, 0) is 12.0 Å². The highest BCUT2D eigenvalue weighted by Crippen LogP contribution is 2.41. The third-order valence-electron chi connectivity index (χ3n) is 6.67. The molecule has 0 saturated carbocycles. The van der Waals surface area contributed by atoms with E-state index in [0.29, 0.717) is 11.7 Å². The Morgan fingerprint density at radius 2 is 1.97 bits per heavy atom. The maximum Gasteiger partial charge on any atom is 0.252 e. The third kappa shape index (κ3) is 3.54. The minimum atomic E-state index is -0.110. The molecule has 1 saturated heterocycles. The molecule has 1 atom stereocenters. The number of hydrogen-bond acceptors (Lipinski definition) is 4. The van der Waals surface area contributed by atoms with E-state index in [2.05, 4.69) is 45.9 Å². The van der Waals surface area contributed by atoms with E-state index in [-0.39, 0.29) is 11.2 Å². The Hall–Kier alpha value is -2.34. The van der Waals surface area contributed by atoms with Crippen molar-refractivity contribution < 1.29 is 4.39 Å². The monoisotopic (exact) mass is 395 g/mol. The second kappa shape index (κ2) is 7.48. The fourth-order valence-corrected chi connectivity index (χ4v) is 4.81. The highest BCUT2D eigenvalue weighted by molar-refractivity contribution is 5.35. The zero-order valence-corrected chi connectivity index (χ0v) is 18.0. The second-order valence-electron chi connectivity index (χ2n) is 8.90. The van der Waals surface area contributed by atoms with Gasteiger partial charge in [0, 0.05) is 24.2 Å². The number of aromatic nitrogens is 4. The van der Waals surface area contributed by atoms with Crippen LogP contribution in [0.3, 0.4) is 0 Å². The fraction of sp³-hybridized carbons (Fsp3) is 0.522. The van der Waals surface area contributed by atoms with Gasteiger partial charge in [-0.25, -0.2) is 13.9 Å². The maximum atomic E-state index is 14.3. The molecule has 1 aliphatic rings. The van der Waals surface area contributed by atoms with Gasteiger partial charge in [0.25, 0.3) is 5.78 Å².